The third kappa shape index (κ3) is 5.05. The van der Waals surface area contributed by atoms with Gasteiger partial charge in [-0.25, -0.2) is 0 Å². The lowest BCUT2D eigenvalue weighted by Gasteiger charge is -2.63. The molecule has 2 spiro atoms. The maximum atomic E-state index is 12.5. The van der Waals surface area contributed by atoms with Gasteiger partial charge in [0.15, 0.2) is 12.4 Å². The molecule has 5 saturated carbocycles. The standard InChI is InChI=1S/C41H64NO8/c1-24-21-27(35(37(5,6)45)48-25(2)43)49-33-32(24)38(7)15-16-41-23-40(41)14-11-30(36(3,4)28(40)9-10-29(41)39(38,8)34(33)44)50-31-22-42(17-20-47-31)26-12-18-46-19-13-26/h24,26,28,30-32,34-35,44-45H,9-23H2,1-8H3/t24-,28+,30+,31+,32+,34+,35+,38-,39-,40-,41+/m1/s1. The van der Waals surface area contributed by atoms with Gasteiger partial charge in [0.2, 0.25) is 0 Å². The molecule has 11 atom stereocenters. The molecule has 8 fully saturated rings. The molecule has 8 aliphatic rings. The first-order valence-electron chi connectivity index (χ1n) is 19.9. The minimum absolute atomic E-state index is 0.0284. The van der Waals surface area contributed by atoms with Gasteiger partial charge in [0.05, 0.1) is 24.4 Å². The van der Waals surface area contributed by atoms with Crippen molar-refractivity contribution >= 4 is 5.97 Å². The summed E-state index contributed by atoms with van der Waals surface area (Å²) in [6.45, 7) is 20.9. The summed E-state index contributed by atoms with van der Waals surface area (Å²) in [5.41, 5.74) is -1.40. The molecular formula is C41H64NO8. The number of esters is 1. The van der Waals surface area contributed by atoms with E-state index < -0.39 is 29.2 Å². The van der Waals surface area contributed by atoms with Crippen LogP contribution >= 0.6 is 0 Å². The van der Waals surface area contributed by atoms with Crippen molar-refractivity contribution in [3.63, 3.8) is 0 Å². The summed E-state index contributed by atoms with van der Waals surface area (Å²) in [5, 5.41) is 23.6. The second kappa shape index (κ2) is 12.1. The molecule has 0 bridgehead atoms. The van der Waals surface area contributed by atoms with Gasteiger partial charge >= 0.3 is 5.97 Å². The number of carbonyl (C=O) groups is 1. The number of aliphatic hydroxyl groups is 2. The molecule has 0 aromatic rings. The van der Waals surface area contributed by atoms with E-state index in [1.54, 1.807) is 19.8 Å². The molecule has 3 heterocycles. The first-order chi connectivity index (χ1) is 23.5. The lowest BCUT2D eigenvalue weighted by molar-refractivity contribution is -0.247. The number of rotatable bonds is 6. The van der Waals surface area contributed by atoms with E-state index in [0.29, 0.717) is 24.5 Å². The van der Waals surface area contributed by atoms with Crippen LogP contribution in [-0.2, 0) is 28.5 Å². The van der Waals surface area contributed by atoms with Crippen molar-refractivity contribution < 1.29 is 38.7 Å². The predicted molar refractivity (Wildman–Crippen MR) is 187 cm³/mol. The summed E-state index contributed by atoms with van der Waals surface area (Å²) in [7, 11) is 0. The predicted octanol–water partition coefficient (Wildman–Crippen LogP) is 6.01. The van der Waals surface area contributed by atoms with E-state index in [2.05, 4.69) is 39.5 Å². The van der Waals surface area contributed by atoms with Crippen molar-refractivity contribution in [2.45, 2.75) is 156 Å². The van der Waals surface area contributed by atoms with Crippen LogP contribution in [0.4, 0.5) is 0 Å². The van der Waals surface area contributed by atoms with Gasteiger partial charge in [0.25, 0.3) is 0 Å². The van der Waals surface area contributed by atoms with E-state index in [9.17, 15) is 15.0 Å². The van der Waals surface area contributed by atoms with Crippen molar-refractivity contribution in [3.05, 3.63) is 18.1 Å². The second-order valence-electron chi connectivity index (χ2n) is 19.4. The van der Waals surface area contributed by atoms with Gasteiger partial charge in [0.1, 0.15) is 12.2 Å². The molecule has 5 aliphatic carbocycles. The van der Waals surface area contributed by atoms with Crippen molar-refractivity contribution in [3.8, 4) is 0 Å². The van der Waals surface area contributed by atoms with E-state index in [1.165, 1.54) is 26.2 Å². The number of nitrogens with zero attached hydrogens (tertiary/aromatic N) is 1. The van der Waals surface area contributed by atoms with Crippen molar-refractivity contribution in [1.82, 2.24) is 4.90 Å². The smallest absolute Gasteiger partial charge is 0.303 e. The van der Waals surface area contributed by atoms with E-state index in [1.807, 2.05) is 0 Å². The summed E-state index contributed by atoms with van der Waals surface area (Å²) in [6, 6.07) is 0.570. The summed E-state index contributed by atoms with van der Waals surface area (Å²) >= 11 is 0. The Labute approximate surface area is 300 Å². The molecule has 9 heteroatoms. The monoisotopic (exact) mass is 698 g/mol. The molecule has 0 aromatic carbocycles. The number of carbonyl (C=O) groups excluding carboxylic acids is 1. The zero-order valence-corrected chi connectivity index (χ0v) is 32.0. The van der Waals surface area contributed by atoms with Gasteiger partial charge in [0, 0.05) is 50.6 Å². The Kier molecular flexibility index (Phi) is 8.75. The Morgan fingerprint density at radius 2 is 1.78 bits per heavy atom. The van der Waals surface area contributed by atoms with Crippen LogP contribution < -0.4 is 0 Å². The Morgan fingerprint density at radius 1 is 1.04 bits per heavy atom. The fourth-order valence-electron chi connectivity index (χ4n) is 13.9. The van der Waals surface area contributed by atoms with E-state index in [0.717, 1.165) is 77.5 Å². The number of morpholine rings is 1. The Bertz CT molecular complexity index is 1310. The van der Waals surface area contributed by atoms with Gasteiger partial charge in [-0.1, -0.05) is 34.6 Å². The molecule has 50 heavy (non-hydrogen) atoms. The van der Waals surface area contributed by atoms with E-state index in [4.69, 9.17) is 23.7 Å². The van der Waals surface area contributed by atoms with Crippen molar-refractivity contribution in [2.24, 2.45) is 44.8 Å². The highest BCUT2D eigenvalue weighted by Gasteiger charge is 2.85. The van der Waals surface area contributed by atoms with Gasteiger partial charge in [-0.3, -0.25) is 9.69 Å². The quantitative estimate of drug-likeness (QED) is 0.323. The van der Waals surface area contributed by atoms with Crippen LogP contribution in [0.1, 0.15) is 120 Å². The minimum atomic E-state index is -1.31. The van der Waals surface area contributed by atoms with Crippen LogP contribution in [0.15, 0.2) is 0 Å². The Morgan fingerprint density at radius 3 is 2.48 bits per heavy atom. The van der Waals surface area contributed by atoms with E-state index >= 15 is 0 Å². The number of fused-ring (bicyclic) bond motifs is 4. The number of hydrogen-bond donors (Lipinski definition) is 2. The van der Waals surface area contributed by atoms with E-state index in [-0.39, 0.29) is 45.9 Å². The molecule has 0 amide bonds. The molecule has 3 radical (unpaired) electrons. The highest BCUT2D eigenvalue weighted by Crippen LogP contribution is 2.90. The Hall–Kier alpha value is -0.810. The third-order valence-corrected chi connectivity index (χ3v) is 16.3. The molecule has 3 saturated heterocycles. The van der Waals surface area contributed by atoms with Crippen LogP contribution in [-0.4, -0.2) is 90.2 Å². The number of aliphatic hydroxyl groups excluding tert-OH is 1. The first kappa shape index (κ1) is 36.2. The fraction of sp³-hybridized carbons (Fsp3) is 0.902. The fourth-order valence-corrected chi connectivity index (χ4v) is 13.9. The maximum Gasteiger partial charge on any atom is 0.303 e. The highest BCUT2D eigenvalue weighted by atomic mass is 16.7. The van der Waals surface area contributed by atoms with Crippen molar-refractivity contribution in [1.29, 1.82) is 0 Å². The zero-order valence-electron chi connectivity index (χ0n) is 32.0. The van der Waals surface area contributed by atoms with Gasteiger partial charge in [-0.2, -0.15) is 0 Å². The summed E-state index contributed by atoms with van der Waals surface area (Å²) < 4.78 is 31.2. The molecule has 2 N–H and O–H groups in total. The molecule has 3 aliphatic heterocycles. The highest BCUT2D eigenvalue weighted by molar-refractivity contribution is 5.66. The molecule has 0 unspecified atom stereocenters. The van der Waals surface area contributed by atoms with Crippen molar-refractivity contribution in [2.75, 3.05) is 32.9 Å². The van der Waals surface area contributed by atoms with Gasteiger partial charge in [-0.05, 0) is 117 Å². The minimum Gasteiger partial charge on any atom is -0.456 e. The molecule has 8 rings (SSSR count). The topological polar surface area (TPSA) is 107 Å². The Balaban J connectivity index is 1.01. The molecular weight excluding hydrogens is 634 g/mol. The van der Waals surface area contributed by atoms with Gasteiger partial charge < -0.3 is 33.9 Å². The molecule has 9 nitrogen and oxygen atoms in total. The van der Waals surface area contributed by atoms with Crippen LogP contribution in [0, 0.1) is 63.0 Å². The summed E-state index contributed by atoms with van der Waals surface area (Å²) in [4.78, 5) is 14.7. The zero-order chi connectivity index (χ0) is 35.6. The second-order valence-corrected chi connectivity index (χ2v) is 19.4. The lowest BCUT2D eigenvalue weighted by Crippen LogP contribution is -2.59. The molecule has 281 valence electrons. The number of hydrogen-bond acceptors (Lipinski definition) is 9. The third-order valence-electron chi connectivity index (χ3n) is 16.3. The number of ether oxygens (including phenoxy) is 5. The average Bonchev–Trinajstić information content (AvgIpc) is 3.69. The first-order valence-corrected chi connectivity index (χ1v) is 19.9. The van der Waals surface area contributed by atoms with Crippen LogP contribution in [0.25, 0.3) is 0 Å². The molecule has 0 aromatic heterocycles. The average molecular weight is 699 g/mol. The van der Waals surface area contributed by atoms with Gasteiger partial charge in [-0.15, -0.1) is 0 Å². The van der Waals surface area contributed by atoms with Crippen LogP contribution in [0.3, 0.4) is 0 Å². The van der Waals surface area contributed by atoms with Crippen LogP contribution in [0.5, 0.6) is 0 Å². The normalized spacial score (nSPS) is 47.7. The lowest BCUT2D eigenvalue weighted by atomic mass is 9.41. The summed E-state index contributed by atoms with van der Waals surface area (Å²) in [5.74, 6) is 2.00. The van der Waals surface area contributed by atoms with Crippen LogP contribution in [0.2, 0.25) is 0 Å². The SMILES string of the molecule is CC(=O)O[C@@H]([C]1C[C@@H](C)[C@H]2[C](O1)[C@H](O)[C@@]1(C)[C]3CC[C@H]4C(C)(C)[C@@H](O[C@H]5CN(C6CCOCC6)CCO5)CC[C@@]45C[C@@]35CC[C@]21C)C(C)(C)O. The summed E-state index contributed by atoms with van der Waals surface area (Å²) in [6.07, 6.45) is 10.3. The maximum absolute atomic E-state index is 12.5. The largest absolute Gasteiger partial charge is 0.456 e.